The second kappa shape index (κ2) is 12.1. The standard InChI is InChI=1S/C31H33N3O3S/c1-4-9-26(5-2)23(3)32-31(35)33-29-14-16-30(17-15-29)38(36,37)22-25-12-13-27-20-34(21-28(27)18-25)19-24-10-7-6-8-11-24/h4-18,23H,1-2,19-22H2,3H3,(H2,32,33,35)/b26-9+. The molecule has 6 nitrogen and oxygen atoms in total. The number of hydrogen-bond acceptors (Lipinski definition) is 4. The molecule has 0 spiro atoms. The van der Waals surface area contributed by atoms with Crippen molar-refractivity contribution >= 4 is 21.6 Å². The molecule has 38 heavy (non-hydrogen) atoms. The molecule has 1 unspecified atom stereocenters. The molecular weight excluding hydrogens is 494 g/mol. The number of carbonyl (C=O) groups excluding carboxylic acids is 1. The van der Waals surface area contributed by atoms with Gasteiger partial charge in [0, 0.05) is 25.3 Å². The van der Waals surface area contributed by atoms with Gasteiger partial charge in [0.1, 0.15) is 0 Å². The summed E-state index contributed by atoms with van der Waals surface area (Å²) in [7, 11) is -3.55. The zero-order valence-corrected chi connectivity index (χ0v) is 22.4. The van der Waals surface area contributed by atoms with Crippen LogP contribution in [-0.2, 0) is 35.2 Å². The summed E-state index contributed by atoms with van der Waals surface area (Å²) in [6, 6.07) is 21.9. The molecule has 1 aliphatic rings. The Bertz CT molecular complexity index is 1450. The van der Waals surface area contributed by atoms with Gasteiger partial charge in [-0.05, 0) is 59.0 Å². The summed E-state index contributed by atoms with van der Waals surface area (Å²) in [5, 5.41) is 5.55. The summed E-state index contributed by atoms with van der Waals surface area (Å²) in [5.74, 6) is -0.0797. The maximum Gasteiger partial charge on any atom is 0.319 e. The van der Waals surface area contributed by atoms with E-state index in [1.54, 1.807) is 30.4 Å². The zero-order chi connectivity index (χ0) is 27.1. The van der Waals surface area contributed by atoms with Crippen LogP contribution in [0.2, 0.25) is 0 Å². The van der Waals surface area contributed by atoms with Gasteiger partial charge in [-0.25, -0.2) is 13.2 Å². The van der Waals surface area contributed by atoms with Gasteiger partial charge in [0.2, 0.25) is 0 Å². The van der Waals surface area contributed by atoms with Gasteiger partial charge in [-0.1, -0.05) is 79.9 Å². The van der Waals surface area contributed by atoms with Crippen LogP contribution in [-0.4, -0.2) is 25.4 Å². The fourth-order valence-corrected chi connectivity index (χ4v) is 5.92. The number of benzene rings is 3. The largest absolute Gasteiger partial charge is 0.331 e. The van der Waals surface area contributed by atoms with Gasteiger partial charge in [-0.2, -0.15) is 0 Å². The average Bonchev–Trinajstić information content (AvgIpc) is 3.29. The highest BCUT2D eigenvalue weighted by atomic mass is 32.2. The molecule has 0 aromatic heterocycles. The third-order valence-corrected chi connectivity index (χ3v) is 8.23. The molecule has 2 amide bonds. The van der Waals surface area contributed by atoms with Crippen LogP contribution in [0.25, 0.3) is 0 Å². The number of urea groups is 1. The summed E-state index contributed by atoms with van der Waals surface area (Å²) < 4.78 is 26.2. The quantitative estimate of drug-likeness (QED) is 0.318. The number of fused-ring (bicyclic) bond motifs is 1. The van der Waals surface area contributed by atoms with E-state index in [1.165, 1.54) is 28.8 Å². The van der Waals surface area contributed by atoms with Crippen molar-refractivity contribution in [1.29, 1.82) is 0 Å². The SMILES string of the molecule is C=C/C=C(\C=C)C(C)NC(=O)Nc1ccc(S(=O)(=O)Cc2ccc3c(c2)CN(Cc2ccccc2)C3)cc1. The predicted molar refractivity (Wildman–Crippen MR) is 153 cm³/mol. The van der Waals surface area contributed by atoms with Crippen molar-refractivity contribution in [2.24, 2.45) is 0 Å². The number of rotatable bonds is 10. The molecule has 0 aliphatic carbocycles. The number of amides is 2. The lowest BCUT2D eigenvalue weighted by atomic mass is 10.1. The van der Waals surface area contributed by atoms with Crippen molar-refractivity contribution in [2.75, 3.05) is 5.32 Å². The summed E-state index contributed by atoms with van der Waals surface area (Å²) in [4.78, 5) is 14.9. The number of nitrogens with zero attached hydrogens (tertiary/aromatic N) is 1. The number of anilines is 1. The zero-order valence-electron chi connectivity index (χ0n) is 21.6. The number of allylic oxidation sites excluding steroid dienone is 2. The van der Waals surface area contributed by atoms with Gasteiger partial charge in [-0.15, -0.1) is 0 Å². The fourth-order valence-electron chi connectivity index (χ4n) is 4.58. The molecular formula is C31H33N3O3S. The molecule has 1 heterocycles. The second-order valence-electron chi connectivity index (χ2n) is 9.44. The van der Waals surface area contributed by atoms with E-state index >= 15 is 0 Å². The molecule has 3 aromatic carbocycles. The second-order valence-corrected chi connectivity index (χ2v) is 11.4. The van der Waals surface area contributed by atoms with Crippen LogP contribution in [0, 0.1) is 0 Å². The maximum absolute atomic E-state index is 13.1. The number of nitrogens with one attached hydrogen (secondary N) is 2. The van der Waals surface area contributed by atoms with Gasteiger partial charge in [0.05, 0.1) is 16.7 Å². The molecule has 4 rings (SSSR count). The molecule has 0 radical (unpaired) electrons. The van der Waals surface area contributed by atoms with Gasteiger partial charge >= 0.3 is 6.03 Å². The average molecular weight is 528 g/mol. The van der Waals surface area contributed by atoms with E-state index in [4.69, 9.17) is 0 Å². The molecule has 1 atom stereocenters. The topological polar surface area (TPSA) is 78.5 Å². The van der Waals surface area contributed by atoms with Crippen LogP contribution >= 0.6 is 0 Å². The first-order valence-electron chi connectivity index (χ1n) is 12.5. The highest BCUT2D eigenvalue weighted by molar-refractivity contribution is 7.90. The van der Waals surface area contributed by atoms with E-state index in [0.29, 0.717) is 5.69 Å². The lowest BCUT2D eigenvalue weighted by Crippen LogP contribution is -2.36. The smallest absolute Gasteiger partial charge is 0.319 e. The van der Waals surface area contributed by atoms with Crippen molar-refractivity contribution < 1.29 is 13.2 Å². The first kappa shape index (κ1) is 27.1. The Balaban J connectivity index is 1.36. The van der Waals surface area contributed by atoms with Crippen LogP contribution in [0.15, 0.2) is 115 Å². The van der Waals surface area contributed by atoms with Crippen molar-refractivity contribution in [3.05, 3.63) is 132 Å². The molecule has 196 valence electrons. The Morgan fingerprint density at radius 2 is 1.68 bits per heavy atom. The minimum absolute atomic E-state index is 0.0797. The van der Waals surface area contributed by atoms with Crippen LogP contribution in [0.3, 0.4) is 0 Å². The summed E-state index contributed by atoms with van der Waals surface area (Å²) in [6.45, 7) is 11.8. The molecule has 3 aromatic rings. The Labute approximate surface area is 225 Å². The lowest BCUT2D eigenvalue weighted by molar-refractivity contribution is 0.250. The van der Waals surface area contributed by atoms with Crippen LogP contribution in [0.1, 0.15) is 29.2 Å². The third-order valence-electron chi connectivity index (χ3n) is 6.53. The Morgan fingerprint density at radius 3 is 2.37 bits per heavy atom. The van der Waals surface area contributed by atoms with Crippen molar-refractivity contribution in [3.8, 4) is 0 Å². The monoisotopic (exact) mass is 527 g/mol. The van der Waals surface area contributed by atoms with Crippen LogP contribution in [0.5, 0.6) is 0 Å². The summed E-state index contributed by atoms with van der Waals surface area (Å²) >= 11 is 0. The minimum atomic E-state index is -3.55. The van der Waals surface area contributed by atoms with E-state index < -0.39 is 15.9 Å². The molecule has 7 heteroatoms. The maximum atomic E-state index is 13.1. The van der Waals surface area contributed by atoms with E-state index in [9.17, 15) is 13.2 Å². The van der Waals surface area contributed by atoms with E-state index in [0.717, 1.165) is 30.8 Å². The fraction of sp³-hybridized carbons (Fsp3) is 0.194. The first-order valence-corrected chi connectivity index (χ1v) is 14.1. The van der Waals surface area contributed by atoms with Gasteiger partial charge in [0.25, 0.3) is 0 Å². The Morgan fingerprint density at radius 1 is 0.974 bits per heavy atom. The summed E-state index contributed by atoms with van der Waals surface area (Å²) in [5.41, 5.74) is 5.77. The van der Waals surface area contributed by atoms with Crippen LogP contribution < -0.4 is 10.6 Å². The van der Waals surface area contributed by atoms with Gasteiger partial charge in [0.15, 0.2) is 9.84 Å². The molecule has 0 bridgehead atoms. The lowest BCUT2D eigenvalue weighted by Gasteiger charge is -2.16. The highest BCUT2D eigenvalue weighted by Gasteiger charge is 2.21. The van der Waals surface area contributed by atoms with Crippen LogP contribution in [0.4, 0.5) is 10.5 Å². The minimum Gasteiger partial charge on any atom is -0.331 e. The Kier molecular flexibility index (Phi) is 8.61. The number of carbonyl (C=O) groups is 1. The molecule has 1 aliphatic heterocycles. The van der Waals surface area contributed by atoms with E-state index in [-0.39, 0.29) is 16.7 Å². The van der Waals surface area contributed by atoms with E-state index in [1.807, 2.05) is 43.3 Å². The highest BCUT2D eigenvalue weighted by Crippen LogP contribution is 2.27. The number of hydrogen-bond donors (Lipinski definition) is 2. The van der Waals surface area contributed by atoms with E-state index in [2.05, 4.69) is 40.8 Å². The predicted octanol–water partition coefficient (Wildman–Crippen LogP) is 5.98. The normalized spacial score (nSPS) is 14.4. The summed E-state index contributed by atoms with van der Waals surface area (Å²) in [6.07, 6.45) is 5.07. The van der Waals surface area contributed by atoms with Crippen molar-refractivity contribution in [2.45, 2.75) is 43.2 Å². The molecule has 0 saturated carbocycles. The van der Waals surface area contributed by atoms with Crippen molar-refractivity contribution in [3.63, 3.8) is 0 Å². The number of sulfone groups is 1. The van der Waals surface area contributed by atoms with Gasteiger partial charge in [-0.3, -0.25) is 4.90 Å². The Hall–Kier alpha value is -3.94. The molecule has 0 saturated heterocycles. The molecule has 0 fully saturated rings. The van der Waals surface area contributed by atoms with Crippen molar-refractivity contribution in [1.82, 2.24) is 10.2 Å². The molecule has 2 N–H and O–H groups in total. The third kappa shape index (κ3) is 6.88. The first-order chi connectivity index (χ1) is 18.3. The van der Waals surface area contributed by atoms with Gasteiger partial charge < -0.3 is 10.6 Å².